The van der Waals surface area contributed by atoms with Gasteiger partial charge in [0, 0.05) is 12.6 Å². The minimum atomic E-state index is -0.256. The number of hydrogen-bond acceptors (Lipinski definition) is 3. The van der Waals surface area contributed by atoms with E-state index < -0.39 is 0 Å². The first-order chi connectivity index (χ1) is 9.02. The van der Waals surface area contributed by atoms with E-state index in [2.05, 4.69) is 30.0 Å². The number of hydrazine groups is 1. The number of ether oxygens (including phenoxy) is 1. The van der Waals surface area contributed by atoms with Gasteiger partial charge in [-0.2, -0.15) is 0 Å². The molecule has 0 atom stereocenters. The molecule has 19 heavy (non-hydrogen) atoms. The normalized spacial score (nSPS) is 9.89. The molecule has 6 heteroatoms. The Labute approximate surface area is 118 Å². The van der Waals surface area contributed by atoms with Crippen molar-refractivity contribution in [1.29, 1.82) is 0 Å². The van der Waals surface area contributed by atoms with Crippen molar-refractivity contribution in [3.05, 3.63) is 29.8 Å². The number of thiocarbonyl (C=S) groups is 1. The summed E-state index contributed by atoms with van der Waals surface area (Å²) >= 11 is 4.85. The van der Waals surface area contributed by atoms with Crippen LogP contribution in [0.2, 0.25) is 0 Å². The fraction of sp³-hybridized carbons (Fsp3) is 0.385. The second kappa shape index (κ2) is 7.58. The SMILES string of the molecule is CNC(=S)NNC(=O)c1ccc(OCC(C)C)cc1. The van der Waals surface area contributed by atoms with Gasteiger partial charge in [-0.3, -0.25) is 15.6 Å². The molecule has 0 aliphatic heterocycles. The molecule has 0 saturated carbocycles. The van der Waals surface area contributed by atoms with Crippen molar-refractivity contribution in [2.45, 2.75) is 13.8 Å². The molecule has 1 aromatic carbocycles. The van der Waals surface area contributed by atoms with Gasteiger partial charge in [0.1, 0.15) is 5.75 Å². The van der Waals surface area contributed by atoms with Crippen molar-refractivity contribution in [1.82, 2.24) is 16.2 Å². The predicted molar refractivity (Wildman–Crippen MR) is 79.0 cm³/mol. The molecule has 3 N–H and O–H groups in total. The number of carbonyl (C=O) groups excluding carboxylic acids is 1. The first-order valence-corrected chi connectivity index (χ1v) is 6.44. The van der Waals surface area contributed by atoms with Crippen LogP contribution in [0.3, 0.4) is 0 Å². The molecule has 1 rings (SSSR count). The molecule has 0 fully saturated rings. The van der Waals surface area contributed by atoms with Gasteiger partial charge in [-0.1, -0.05) is 13.8 Å². The van der Waals surface area contributed by atoms with E-state index in [1.807, 2.05) is 0 Å². The topological polar surface area (TPSA) is 62.4 Å². The van der Waals surface area contributed by atoms with Gasteiger partial charge < -0.3 is 10.1 Å². The molecule has 0 aliphatic carbocycles. The third kappa shape index (κ3) is 5.56. The maximum absolute atomic E-state index is 11.7. The van der Waals surface area contributed by atoms with Crippen molar-refractivity contribution in [3.8, 4) is 5.75 Å². The number of rotatable bonds is 4. The van der Waals surface area contributed by atoms with E-state index in [1.54, 1.807) is 31.3 Å². The van der Waals surface area contributed by atoms with E-state index in [1.165, 1.54) is 0 Å². The van der Waals surface area contributed by atoms with E-state index in [0.29, 0.717) is 23.2 Å². The van der Waals surface area contributed by atoms with Crippen molar-refractivity contribution < 1.29 is 9.53 Å². The molecular weight excluding hydrogens is 262 g/mol. The minimum Gasteiger partial charge on any atom is -0.493 e. The summed E-state index contributed by atoms with van der Waals surface area (Å²) in [6, 6.07) is 6.95. The zero-order valence-electron chi connectivity index (χ0n) is 11.3. The Balaban J connectivity index is 2.51. The smallest absolute Gasteiger partial charge is 0.269 e. The van der Waals surface area contributed by atoms with Crippen LogP contribution in [0.25, 0.3) is 0 Å². The maximum Gasteiger partial charge on any atom is 0.269 e. The van der Waals surface area contributed by atoms with Gasteiger partial charge in [-0.05, 0) is 42.4 Å². The molecule has 1 aromatic rings. The zero-order chi connectivity index (χ0) is 14.3. The quantitative estimate of drug-likeness (QED) is 0.576. The van der Waals surface area contributed by atoms with Crippen LogP contribution in [0.15, 0.2) is 24.3 Å². The molecule has 0 bridgehead atoms. The van der Waals surface area contributed by atoms with Crippen LogP contribution in [0, 0.1) is 5.92 Å². The van der Waals surface area contributed by atoms with E-state index in [0.717, 1.165) is 5.75 Å². The molecule has 0 heterocycles. The molecule has 0 aromatic heterocycles. The van der Waals surface area contributed by atoms with E-state index in [9.17, 15) is 4.79 Å². The van der Waals surface area contributed by atoms with Gasteiger partial charge in [-0.25, -0.2) is 0 Å². The first-order valence-electron chi connectivity index (χ1n) is 6.04. The van der Waals surface area contributed by atoms with Gasteiger partial charge in [-0.15, -0.1) is 0 Å². The molecule has 1 amide bonds. The van der Waals surface area contributed by atoms with E-state index >= 15 is 0 Å². The van der Waals surface area contributed by atoms with Crippen LogP contribution in [-0.2, 0) is 0 Å². The third-order valence-electron chi connectivity index (χ3n) is 2.22. The van der Waals surface area contributed by atoms with Crippen LogP contribution in [0.1, 0.15) is 24.2 Å². The minimum absolute atomic E-state index is 0.256. The van der Waals surface area contributed by atoms with Gasteiger partial charge in [0.25, 0.3) is 5.91 Å². The molecule has 104 valence electrons. The van der Waals surface area contributed by atoms with Gasteiger partial charge in [0.2, 0.25) is 0 Å². The number of carbonyl (C=O) groups is 1. The number of nitrogens with one attached hydrogen (secondary N) is 3. The summed E-state index contributed by atoms with van der Waals surface area (Å²) in [5.74, 6) is 0.965. The molecule has 0 spiro atoms. The van der Waals surface area contributed by atoms with Crippen LogP contribution >= 0.6 is 12.2 Å². The Bertz CT molecular complexity index is 432. The molecule has 0 unspecified atom stereocenters. The lowest BCUT2D eigenvalue weighted by Crippen LogP contribution is -2.45. The van der Waals surface area contributed by atoms with Gasteiger partial charge >= 0.3 is 0 Å². The Kier molecular flexibility index (Phi) is 6.08. The summed E-state index contributed by atoms with van der Waals surface area (Å²) in [5.41, 5.74) is 5.59. The monoisotopic (exact) mass is 281 g/mol. The standard InChI is InChI=1S/C13H19N3O2S/c1-9(2)8-18-11-6-4-10(5-7-11)12(17)15-16-13(19)14-3/h4-7,9H,8H2,1-3H3,(H,15,17)(H2,14,16,19). The van der Waals surface area contributed by atoms with Crippen molar-refractivity contribution >= 4 is 23.2 Å². The summed E-state index contributed by atoms with van der Waals surface area (Å²) in [4.78, 5) is 11.7. The van der Waals surface area contributed by atoms with Gasteiger partial charge in [0.05, 0.1) is 6.61 Å². The van der Waals surface area contributed by atoms with E-state index in [-0.39, 0.29) is 5.91 Å². The molecule has 0 radical (unpaired) electrons. The van der Waals surface area contributed by atoms with Gasteiger partial charge in [0.15, 0.2) is 5.11 Å². The maximum atomic E-state index is 11.7. The first kappa shape index (κ1) is 15.2. The average Bonchev–Trinajstić information content (AvgIpc) is 2.42. The van der Waals surface area contributed by atoms with Crippen LogP contribution in [0.5, 0.6) is 5.75 Å². The van der Waals surface area contributed by atoms with Crippen molar-refractivity contribution in [3.63, 3.8) is 0 Å². The second-order valence-corrected chi connectivity index (χ2v) is 4.80. The number of benzene rings is 1. The molecule has 0 aliphatic rings. The third-order valence-corrected chi connectivity index (χ3v) is 2.52. The summed E-state index contributed by atoms with van der Waals surface area (Å²) in [6.45, 7) is 4.82. The fourth-order valence-corrected chi connectivity index (χ4v) is 1.26. The summed E-state index contributed by atoms with van der Waals surface area (Å²) < 4.78 is 5.54. The molecule has 0 saturated heterocycles. The Morgan fingerprint density at radius 3 is 2.42 bits per heavy atom. The zero-order valence-corrected chi connectivity index (χ0v) is 12.1. The highest BCUT2D eigenvalue weighted by Crippen LogP contribution is 2.13. The fourth-order valence-electron chi connectivity index (χ4n) is 1.21. The molecule has 5 nitrogen and oxygen atoms in total. The lowest BCUT2D eigenvalue weighted by Gasteiger charge is -2.10. The summed E-state index contributed by atoms with van der Waals surface area (Å²) in [6.07, 6.45) is 0. The Morgan fingerprint density at radius 1 is 1.26 bits per heavy atom. The summed E-state index contributed by atoms with van der Waals surface area (Å²) in [7, 11) is 1.67. The van der Waals surface area contributed by atoms with Crippen LogP contribution in [0.4, 0.5) is 0 Å². The van der Waals surface area contributed by atoms with Crippen molar-refractivity contribution in [2.75, 3.05) is 13.7 Å². The number of amides is 1. The number of hydrogen-bond donors (Lipinski definition) is 3. The van der Waals surface area contributed by atoms with Crippen molar-refractivity contribution in [2.24, 2.45) is 5.92 Å². The van der Waals surface area contributed by atoms with Crippen LogP contribution < -0.4 is 20.9 Å². The Hall–Kier alpha value is -1.82. The van der Waals surface area contributed by atoms with E-state index in [4.69, 9.17) is 17.0 Å². The predicted octanol–water partition coefficient (Wildman–Crippen LogP) is 1.46. The second-order valence-electron chi connectivity index (χ2n) is 4.39. The highest BCUT2D eigenvalue weighted by atomic mass is 32.1. The lowest BCUT2D eigenvalue weighted by atomic mass is 10.2. The highest BCUT2D eigenvalue weighted by molar-refractivity contribution is 7.80. The highest BCUT2D eigenvalue weighted by Gasteiger charge is 2.05. The average molecular weight is 281 g/mol. The molecular formula is C13H19N3O2S. The Morgan fingerprint density at radius 2 is 1.89 bits per heavy atom. The largest absolute Gasteiger partial charge is 0.493 e. The summed E-state index contributed by atoms with van der Waals surface area (Å²) in [5, 5.41) is 3.05. The lowest BCUT2D eigenvalue weighted by molar-refractivity contribution is 0.0943. The van der Waals surface area contributed by atoms with Crippen LogP contribution in [-0.4, -0.2) is 24.7 Å².